The molecule has 1 atom stereocenters. The maximum atomic E-state index is 8.87. The van der Waals surface area contributed by atoms with Crippen LogP contribution in [0.15, 0.2) is 54.9 Å². The highest BCUT2D eigenvalue weighted by Crippen LogP contribution is 2.33. The first kappa shape index (κ1) is 20.8. The van der Waals surface area contributed by atoms with E-state index in [1.807, 2.05) is 23.0 Å². The standard InChI is InChI=1S/C25H28N4O2/c1-18(16-29-11-10-27-25(29)28-17-26)20-7-8-23(30-2)24(15-20)31-12-9-19-13-21-5-3-4-6-22(21)14-19/h3-8,10-11,15,18-19H,9,12-14,16H2,1-2H3,(H,27,28). The number of rotatable bonds is 9. The van der Waals surface area contributed by atoms with Gasteiger partial charge in [0.1, 0.15) is 0 Å². The van der Waals surface area contributed by atoms with Gasteiger partial charge in [0.25, 0.3) is 0 Å². The van der Waals surface area contributed by atoms with Crippen molar-refractivity contribution in [3.8, 4) is 17.7 Å². The summed E-state index contributed by atoms with van der Waals surface area (Å²) in [6.07, 6.45) is 8.79. The van der Waals surface area contributed by atoms with Crippen LogP contribution in [0.1, 0.15) is 36.0 Å². The Bertz CT molecular complexity index is 1040. The third-order valence-electron chi connectivity index (χ3n) is 6.03. The predicted molar refractivity (Wildman–Crippen MR) is 120 cm³/mol. The zero-order valence-electron chi connectivity index (χ0n) is 18.0. The lowest BCUT2D eigenvalue weighted by Crippen LogP contribution is -2.10. The summed E-state index contributed by atoms with van der Waals surface area (Å²) < 4.78 is 13.6. The fourth-order valence-electron chi connectivity index (χ4n) is 4.33. The summed E-state index contributed by atoms with van der Waals surface area (Å²) in [7, 11) is 1.67. The Kier molecular flexibility index (Phi) is 6.42. The molecule has 0 aliphatic heterocycles. The van der Waals surface area contributed by atoms with Crippen molar-refractivity contribution in [1.29, 1.82) is 5.26 Å². The Morgan fingerprint density at radius 2 is 1.97 bits per heavy atom. The van der Waals surface area contributed by atoms with E-state index in [1.54, 1.807) is 13.3 Å². The van der Waals surface area contributed by atoms with E-state index in [1.165, 1.54) is 11.1 Å². The molecule has 1 N–H and O–H groups in total. The van der Waals surface area contributed by atoms with E-state index in [9.17, 15) is 0 Å². The SMILES string of the molecule is COc1ccc(C(C)Cn2ccnc2NC#N)cc1OCCC1Cc2ccccc2C1. The number of benzene rings is 2. The van der Waals surface area contributed by atoms with E-state index in [4.69, 9.17) is 14.7 Å². The monoisotopic (exact) mass is 416 g/mol. The van der Waals surface area contributed by atoms with Crippen LogP contribution in [0.25, 0.3) is 0 Å². The molecular formula is C25H28N4O2. The van der Waals surface area contributed by atoms with Crippen molar-refractivity contribution >= 4 is 5.95 Å². The van der Waals surface area contributed by atoms with E-state index in [0.29, 0.717) is 25.0 Å². The smallest absolute Gasteiger partial charge is 0.216 e. The molecule has 0 radical (unpaired) electrons. The highest BCUT2D eigenvalue weighted by molar-refractivity contribution is 5.44. The van der Waals surface area contributed by atoms with Gasteiger partial charge in [-0.3, -0.25) is 5.32 Å². The molecule has 3 aromatic rings. The summed E-state index contributed by atoms with van der Waals surface area (Å²) in [4.78, 5) is 4.18. The van der Waals surface area contributed by atoms with Gasteiger partial charge in [-0.25, -0.2) is 4.98 Å². The van der Waals surface area contributed by atoms with Gasteiger partial charge in [0.05, 0.1) is 13.7 Å². The van der Waals surface area contributed by atoms with Gasteiger partial charge in [0.2, 0.25) is 5.95 Å². The normalized spacial score (nSPS) is 14.0. The number of nitrogens with zero attached hydrogens (tertiary/aromatic N) is 3. The summed E-state index contributed by atoms with van der Waals surface area (Å²) >= 11 is 0. The average Bonchev–Trinajstić information content (AvgIpc) is 3.40. The highest BCUT2D eigenvalue weighted by Gasteiger charge is 2.21. The Morgan fingerprint density at radius 3 is 2.68 bits per heavy atom. The van der Waals surface area contributed by atoms with Crippen LogP contribution in [0.2, 0.25) is 0 Å². The van der Waals surface area contributed by atoms with Crippen molar-refractivity contribution in [2.45, 2.75) is 38.6 Å². The molecular weight excluding hydrogens is 388 g/mol. The van der Waals surface area contributed by atoms with Crippen LogP contribution in [0.3, 0.4) is 0 Å². The fourth-order valence-corrected chi connectivity index (χ4v) is 4.33. The second kappa shape index (κ2) is 9.57. The van der Waals surface area contributed by atoms with Gasteiger partial charge in [-0.15, -0.1) is 0 Å². The molecule has 0 bridgehead atoms. The van der Waals surface area contributed by atoms with Crippen LogP contribution >= 0.6 is 0 Å². The number of anilines is 1. The van der Waals surface area contributed by atoms with Gasteiger partial charge in [-0.1, -0.05) is 37.3 Å². The Labute approximate surface area is 183 Å². The summed E-state index contributed by atoms with van der Waals surface area (Å²) in [6, 6.07) is 14.8. The topological polar surface area (TPSA) is 72.1 Å². The van der Waals surface area contributed by atoms with Gasteiger partial charge < -0.3 is 14.0 Å². The van der Waals surface area contributed by atoms with E-state index < -0.39 is 0 Å². The number of hydrogen-bond donors (Lipinski definition) is 1. The van der Waals surface area contributed by atoms with Gasteiger partial charge >= 0.3 is 0 Å². The molecule has 160 valence electrons. The quantitative estimate of drug-likeness (QED) is 0.402. The summed E-state index contributed by atoms with van der Waals surface area (Å²) in [6.45, 7) is 3.53. The molecule has 0 spiro atoms. The van der Waals surface area contributed by atoms with Crippen molar-refractivity contribution in [3.63, 3.8) is 0 Å². The van der Waals surface area contributed by atoms with E-state index in [0.717, 1.165) is 36.3 Å². The molecule has 1 aliphatic rings. The lowest BCUT2D eigenvalue weighted by molar-refractivity contribution is 0.265. The molecule has 0 saturated heterocycles. The number of aromatic nitrogens is 2. The number of methoxy groups -OCH3 is 1. The molecule has 1 aliphatic carbocycles. The Balaban J connectivity index is 1.38. The van der Waals surface area contributed by atoms with Gasteiger partial charge in [-0.2, -0.15) is 5.26 Å². The molecule has 4 rings (SSSR count). The predicted octanol–water partition coefficient (Wildman–Crippen LogP) is 4.77. The van der Waals surface area contributed by atoms with Crippen LogP contribution in [-0.2, 0) is 19.4 Å². The van der Waals surface area contributed by atoms with Crippen molar-refractivity contribution < 1.29 is 9.47 Å². The molecule has 1 aromatic heterocycles. The van der Waals surface area contributed by atoms with Crippen LogP contribution in [0.5, 0.6) is 11.5 Å². The van der Waals surface area contributed by atoms with E-state index in [-0.39, 0.29) is 5.92 Å². The third-order valence-corrected chi connectivity index (χ3v) is 6.03. The first-order chi connectivity index (χ1) is 15.2. The van der Waals surface area contributed by atoms with Crippen LogP contribution in [0, 0.1) is 17.4 Å². The molecule has 0 fully saturated rings. The second-order valence-electron chi connectivity index (χ2n) is 8.13. The van der Waals surface area contributed by atoms with E-state index in [2.05, 4.69) is 53.6 Å². The number of hydrogen-bond acceptors (Lipinski definition) is 5. The number of imidazole rings is 1. The Hall–Kier alpha value is -3.46. The number of nitriles is 1. The lowest BCUT2D eigenvalue weighted by Gasteiger charge is -2.18. The molecule has 1 heterocycles. The maximum absolute atomic E-state index is 8.87. The van der Waals surface area contributed by atoms with Crippen LogP contribution in [-0.4, -0.2) is 23.3 Å². The molecule has 6 nitrogen and oxygen atoms in total. The van der Waals surface area contributed by atoms with E-state index >= 15 is 0 Å². The van der Waals surface area contributed by atoms with Crippen LogP contribution < -0.4 is 14.8 Å². The minimum atomic E-state index is 0.214. The van der Waals surface area contributed by atoms with Gasteiger partial charge in [-0.05, 0) is 59.9 Å². The largest absolute Gasteiger partial charge is 0.493 e. The van der Waals surface area contributed by atoms with Crippen molar-refractivity contribution in [2.75, 3.05) is 19.0 Å². The molecule has 31 heavy (non-hydrogen) atoms. The molecule has 0 saturated carbocycles. The van der Waals surface area contributed by atoms with Crippen molar-refractivity contribution in [3.05, 3.63) is 71.5 Å². The average molecular weight is 417 g/mol. The first-order valence-corrected chi connectivity index (χ1v) is 10.7. The minimum Gasteiger partial charge on any atom is -0.493 e. The second-order valence-corrected chi connectivity index (χ2v) is 8.13. The van der Waals surface area contributed by atoms with Gasteiger partial charge in [0, 0.05) is 18.9 Å². The third kappa shape index (κ3) is 4.83. The van der Waals surface area contributed by atoms with Crippen molar-refractivity contribution in [2.24, 2.45) is 5.92 Å². The highest BCUT2D eigenvalue weighted by atomic mass is 16.5. The zero-order valence-corrected chi connectivity index (χ0v) is 18.0. The minimum absolute atomic E-state index is 0.214. The Morgan fingerprint density at radius 1 is 1.19 bits per heavy atom. The lowest BCUT2D eigenvalue weighted by atomic mass is 10.0. The molecule has 6 heteroatoms. The molecule has 2 aromatic carbocycles. The van der Waals surface area contributed by atoms with Crippen molar-refractivity contribution in [1.82, 2.24) is 9.55 Å². The number of ether oxygens (including phenoxy) is 2. The number of nitrogens with one attached hydrogen (secondary N) is 1. The van der Waals surface area contributed by atoms with Gasteiger partial charge in [0.15, 0.2) is 17.7 Å². The summed E-state index contributed by atoms with van der Waals surface area (Å²) in [5.41, 5.74) is 4.11. The molecule has 0 amide bonds. The van der Waals surface area contributed by atoms with Crippen LogP contribution in [0.4, 0.5) is 5.95 Å². The molecule has 1 unspecified atom stereocenters. The fraction of sp³-hybridized carbons (Fsp3) is 0.360. The maximum Gasteiger partial charge on any atom is 0.216 e. The zero-order chi connectivity index (χ0) is 21.6. The number of fused-ring (bicyclic) bond motifs is 1. The first-order valence-electron chi connectivity index (χ1n) is 10.7. The summed E-state index contributed by atoms with van der Waals surface area (Å²) in [5, 5.41) is 11.5. The summed E-state index contributed by atoms with van der Waals surface area (Å²) in [5.74, 6) is 2.93.